The molecule has 112 valence electrons. The molecule has 0 saturated carbocycles. The van der Waals surface area contributed by atoms with Crippen LogP contribution >= 0.6 is 0 Å². The number of imidazole rings is 1. The fraction of sp³-hybridized carbons (Fsp3) is 0.316. The van der Waals surface area contributed by atoms with Crippen molar-refractivity contribution in [3.05, 3.63) is 58.9 Å². The average molecular weight is 291 g/mol. The number of pyridine rings is 1. The molecule has 2 N–H and O–H groups in total. The molecule has 2 heterocycles. The van der Waals surface area contributed by atoms with Gasteiger partial charge in [0, 0.05) is 29.6 Å². The van der Waals surface area contributed by atoms with Crippen molar-refractivity contribution < 1.29 is 0 Å². The fourth-order valence-electron chi connectivity index (χ4n) is 3.56. The lowest BCUT2D eigenvalue weighted by Gasteiger charge is -2.16. The van der Waals surface area contributed by atoms with E-state index in [0.29, 0.717) is 6.54 Å². The SMILES string of the molecule is Cc1c(-c2ccc3c(c2)CCCC3)nc2c(CN)cccn12. The summed E-state index contributed by atoms with van der Waals surface area (Å²) in [5.41, 5.74) is 14.4. The van der Waals surface area contributed by atoms with Gasteiger partial charge in [0.2, 0.25) is 0 Å². The minimum Gasteiger partial charge on any atom is -0.326 e. The molecule has 4 rings (SSSR count). The van der Waals surface area contributed by atoms with E-state index in [1.54, 1.807) is 0 Å². The highest BCUT2D eigenvalue weighted by atomic mass is 15.0. The summed E-state index contributed by atoms with van der Waals surface area (Å²) in [6, 6.07) is 10.9. The Morgan fingerprint density at radius 2 is 1.95 bits per heavy atom. The number of hydrogen-bond acceptors (Lipinski definition) is 2. The van der Waals surface area contributed by atoms with Crippen LogP contribution in [-0.4, -0.2) is 9.38 Å². The lowest BCUT2D eigenvalue weighted by Crippen LogP contribution is -2.02. The number of aromatic nitrogens is 2. The highest BCUT2D eigenvalue weighted by Crippen LogP contribution is 2.29. The van der Waals surface area contributed by atoms with E-state index in [1.165, 1.54) is 48.1 Å². The highest BCUT2D eigenvalue weighted by molar-refractivity contribution is 5.69. The number of nitrogens with zero attached hydrogens (tertiary/aromatic N) is 2. The average Bonchev–Trinajstić information content (AvgIpc) is 2.91. The molecule has 0 saturated heterocycles. The molecule has 2 aromatic heterocycles. The van der Waals surface area contributed by atoms with Gasteiger partial charge < -0.3 is 10.1 Å². The summed E-state index contributed by atoms with van der Waals surface area (Å²) >= 11 is 0. The Hall–Kier alpha value is -2.13. The zero-order valence-corrected chi connectivity index (χ0v) is 13.0. The molecule has 0 atom stereocenters. The molecule has 0 spiro atoms. The van der Waals surface area contributed by atoms with Crippen molar-refractivity contribution in [2.24, 2.45) is 5.73 Å². The molecule has 22 heavy (non-hydrogen) atoms. The lowest BCUT2D eigenvalue weighted by atomic mass is 9.90. The zero-order chi connectivity index (χ0) is 15.1. The van der Waals surface area contributed by atoms with Crippen LogP contribution in [0.2, 0.25) is 0 Å². The van der Waals surface area contributed by atoms with E-state index >= 15 is 0 Å². The number of aryl methyl sites for hydroxylation is 3. The largest absolute Gasteiger partial charge is 0.326 e. The van der Waals surface area contributed by atoms with Gasteiger partial charge in [0.05, 0.1) is 5.69 Å². The molecule has 1 aromatic carbocycles. The summed E-state index contributed by atoms with van der Waals surface area (Å²) in [6.07, 6.45) is 7.11. The minimum absolute atomic E-state index is 0.518. The Kier molecular flexibility index (Phi) is 3.23. The predicted octanol–water partition coefficient (Wildman–Crippen LogP) is 3.65. The van der Waals surface area contributed by atoms with Crippen molar-refractivity contribution in [2.45, 2.75) is 39.2 Å². The van der Waals surface area contributed by atoms with Crippen molar-refractivity contribution in [3.8, 4) is 11.3 Å². The van der Waals surface area contributed by atoms with E-state index < -0.39 is 0 Å². The molecule has 3 aromatic rings. The second-order valence-electron chi connectivity index (χ2n) is 6.17. The first-order valence-electron chi connectivity index (χ1n) is 8.06. The standard InChI is InChI=1S/C19H21N3/c1-13-18(21-19-17(12-20)7-4-10-22(13)19)16-9-8-14-5-2-3-6-15(14)11-16/h4,7-11H,2-3,5-6,12,20H2,1H3. The van der Waals surface area contributed by atoms with Crippen LogP contribution in [0.3, 0.4) is 0 Å². The minimum atomic E-state index is 0.518. The Morgan fingerprint density at radius 3 is 2.77 bits per heavy atom. The summed E-state index contributed by atoms with van der Waals surface area (Å²) in [5, 5.41) is 0. The maximum absolute atomic E-state index is 5.85. The van der Waals surface area contributed by atoms with Gasteiger partial charge in [0.15, 0.2) is 0 Å². The number of nitrogens with two attached hydrogens (primary N) is 1. The first-order valence-corrected chi connectivity index (χ1v) is 8.06. The lowest BCUT2D eigenvalue weighted by molar-refractivity contribution is 0.686. The summed E-state index contributed by atoms with van der Waals surface area (Å²) < 4.78 is 2.15. The molecule has 0 fully saturated rings. The first kappa shape index (κ1) is 13.5. The predicted molar refractivity (Wildman–Crippen MR) is 89.9 cm³/mol. The Labute approximate surface area is 130 Å². The number of hydrogen-bond donors (Lipinski definition) is 1. The summed E-state index contributed by atoms with van der Waals surface area (Å²) in [5.74, 6) is 0. The van der Waals surface area contributed by atoms with E-state index in [4.69, 9.17) is 10.7 Å². The van der Waals surface area contributed by atoms with Gasteiger partial charge in [0.25, 0.3) is 0 Å². The number of benzene rings is 1. The molecule has 1 aliphatic carbocycles. The van der Waals surface area contributed by atoms with E-state index in [1.807, 2.05) is 6.07 Å². The molecule has 0 unspecified atom stereocenters. The number of rotatable bonds is 2. The molecule has 0 bridgehead atoms. The van der Waals surface area contributed by atoms with Crippen LogP contribution < -0.4 is 5.73 Å². The third-order valence-electron chi connectivity index (χ3n) is 4.81. The van der Waals surface area contributed by atoms with Crippen LogP contribution in [0.4, 0.5) is 0 Å². The van der Waals surface area contributed by atoms with Crippen molar-refractivity contribution in [1.29, 1.82) is 0 Å². The van der Waals surface area contributed by atoms with Crippen molar-refractivity contribution in [2.75, 3.05) is 0 Å². The van der Waals surface area contributed by atoms with Crippen molar-refractivity contribution >= 4 is 5.65 Å². The van der Waals surface area contributed by atoms with Gasteiger partial charge in [-0.3, -0.25) is 0 Å². The molecular formula is C19H21N3. The third kappa shape index (κ3) is 2.04. The van der Waals surface area contributed by atoms with E-state index in [0.717, 1.165) is 16.9 Å². The van der Waals surface area contributed by atoms with Crippen LogP contribution in [0.15, 0.2) is 36.5 Å². The molecule has 0 amide bonds. The quantitative estimate of drug-likeness (QED) is 0.783. The van der Waals surface area contributed by atoms with Gasteiger partial charge in [-0.15, -0.1) is 0 Å². The monoisotopic (exact) mass is 291 g/mol. The molecule has 0 aliphatic heterocycles. The smallest absolute Gasteiger partial charge is 0.142 e. The summed E-state index contributed by atoms with van der Waals surface area (Å²) in [4.78, 5) is 4.89. The molecule has 3 nitrogen and oxygen atoms in total. The topological polar surface area (TPSA) is 43.3 Å². The molecular weight excluding hydrogens is 270 g/mol. The van der Waals surface area contributed by atoms with E-state index in [9.17, 15) is 0 Å². The second-order valence-corrected chi connectivity index (χ2v) is 6.17. The zero-order valence-electron chi connectivity index (χ0n) is 13.0. The Balaban J connectivity index is 1.89. The van der Waals surface area contributed by atoms with Crippen LogP contribution in [0.25, 0.3) is 16.9 Å². The van der Waals surface area contributed by atoms with Gasteiger partial charge in [-0.1, -0.05) is 18.2 Å². The van der Waals surface area contributed by atoms with Gasteiger partial charge in [-0.05, 0) is 55.9 Å². The van der Waals surface area contributed by atoms with Gasteiger partial charge in [0.1, 0.15) is 5.65 Å². The summed E-state index contributed by atoms with van der Waals surface area (Å²) in [6.45, 7) is 2.65. The summed E-state index contributed by atoms with van der Waals surface area (Å²) in [7, 11) is 0. The van der Waals surface area contributed by atoms with Crippen LogP contribution in [0, 0.1) is 6.92 Å². The van der Waals surface area contributed by atoms with Gasteiger partial charge in [-0.2, -0.15) is 0 Å². The third-order valence-corrected chi connectivity index (χ3v) is 4.81. The Morgan fingerprint density at radius 1 is 1.14 bits per heavy atom. The molecule has 3 heteroatoms. The maximum Gasteiger partial charge on any atom is 0.142 e. The molecule has 0 radical (unpaired) electrons. The van der Waals surface area contributed by atoms with E-state index in [2.05, 4.69) is 41.8 Å². The highest BCUT2D eigenvalue weighted by Gasteiger charge is 2.15. The van der Waals surface area contributed by atoms with Crippen LogP contribution in [0.5, 0.6) is 0 Å². The number of fused-ring (bicyclic) bond motifs is 2. The fourth-order valence-corrected chi connectivity index (χ4v) is 3.56. The van der Waals surface area contributed by atoms with Gasteiger partial charge in [-0.25, -0.2) is 4.98 Å². The van der Waals surface area contributed by atoms with E-state index in [-0.39, 0.29) is 0 Å². The van der Waals surface area contributed by atoms with Gasteiger partial charge >= 0.3 is 0 Å². The first-order chi connectivity index (χ1) is 10.8. The van der Waals surface area contributed by atoms with Crippen LogP contribution in [-0.2, 0) is 19.4 Å². The van der Waals surface area contributed by atoms with Crippen LogP contribution in [0.1, 0.15) is 35.2 Å². The maximum atomic E-state index is 5.85. The van der Waals surface area contributed by atoms with Crippen molar-refractivity contribution in [1.82, 2.24) is 9.38 Å². The Bertz CT molecular complexity index is 845. The normalized spacial score (nSPS) is 14.3. The van der Waals surface area contributed by atoms with Crippen molar-refractivity contribution in [3.63, 3.8) is 0 Å². The molecule has 1 aliphatic rings. The second kappa shape index (κ2) is 5.25.